The maximum absolute atomic E-state index is 12.4. The lowest BCUT2D eigenvalue weighted by molar-refractivity contribution is 0.499. The molecule has 0 saturated heterocycles. The van der Waals surface area contributed by atoms with E-state index in [4.69, 9.17) is 6.42 Å². The van der Waals surface area contributed by atoms with Gasteiger partial charge in [0.15, 0.2) is 0 Å². The highest BCUT2D eigenvalue weighted by Gasteiger charge is 2.27. The molecule has 0 aliphatic rings. The fourth-order valence-corrected chi connectivity index (χ4v) is 3.11. The lowest BCUT2D eigenvalue weighted by Gasteiger charge is -2.22. The first-order chi connectivity index (χ1) is 10.2. The highest BCUT2D eigenvalue weighted by atomic mass is 32.2. The number of hydrogen-bond acceptors (Lipinski definition) is 5. The van der Waals surface area contributed by atoms with Crippen LogP contribution in [0, 0.1) is 12.3 Å². The molecule has 2 heterocycles. The molecule has 0 radical (unpaired) electrons. The van der Waals surface area contributed by atoms with Gasteiger partial charge >= 0.3 is 5.69 Å². The number of sulfonamides is 1. The van der Waals surface area contributed by atoms with Gasteiger partial charge in [0, 0.05) is 6.20 Å². The average molecular weight is 322 g/mol. The molecule has 0 spiro atoms. The van der Waals surface area contributed by atoms with Crippen molar-refractivity contribution in [2.45, 2.75) is 30.7 Å². The van der Waals surface area contributed by atoms with Crippen LogP contribution in [0.3, 0.4) is 0 Å². The molecule has 9 heteroatoms. The van der Waals surface area contributed by atoms with Crippen LogP contribution in [0.4, 0.5) is 0 Å². The SMILES string of the molecule is C#CC(C)(CC)NS(=O)(=O)c1cnc2[nH]c(=O)[nH]c(=O)c2c1. The quantitative estimate of drug-likeness (QED) is 0.666. The first kappa shape index (κ1) is 15.9. The van der Waals surface area contributed by atoms with E-state index in [2.05, 4.69) is 20.6 Å². The van der Waals surface area contributed by atoms with E-state index in [1.807, 2.05) is 4.98 Å². The number of pyridine rings is 1. The molecule has 22 heavy (non-hydrogen) atoms. The summed E-state index contributed by atoms with van der Waals surface area (Å²) in [4.78, 5) is 30.8. The number of nitrogens with zero attached hydrogens (tertiary/aromatic N) is 1. The summed E-state index contributed by atoms with van der Waals surface area (Å²) >= 11 is 0. The maximum Gasteiger partial charge on any atom is 0.327 e. The number of aromatic nitrogens is 3. The van der Waals surface area contributed by atoms with Crippen molar-refractivity contribution in [3.8, 4) is 12.3 Å². The third kappa shape index (κ3) is 2.93. The van der Waals surface area contributed by atoms with Gasteiger partial charge in [-0.25, -0.2) is 18.2 Å². The van der Waals surface area contributed by atoms with E-state index in [1.165, 1.54) is 0 Å². The van der Waals surface area contributed by atoms with Gasteiger partial charge in [0.2, 0.25) is 10.0 Å². The van der Waals surface area contributed by atoms with Gasteiger partial charge in [-0.2, -0.15) is 4.72 Å². The topological polar surface area (TPSA) is 125 Å². The van der Waals surface area contributed by atoms with Crippen molar-refractivity contribution in [2.24, 2.45) is 0 Å². The molecule has 0 bridgehead atoms. The molecule has 3 N–H and O–H groups in total. The van der Waals surface area contributed by atoms with Crippen molar-refractivity contribution in [3.63, 3.8) is 0 Å². The lowest BCUT2D eigenvalue weighted by Crippen LogP contribution is -2.44. The first-order valence-electron chi connectivity index (χ1n) is 6.35. The molecule has 2 aromatic heterocycles. The van der Waals surface area contributed by atoms with Crippen LogP contribution in [0.25, 0.3) is 11.0 Å². The molecule has 0 amide bonds. The number of terminal acetylenes is 1. The van der Waals surface area contributed by atoms with Crippen LogP contribution in [0.5, 0.6) is 0 Å². The monoisotopic (exact) mass is 322 g/mol. The molecule has 1 atom stereocenters. The fourth-order valence-electron chi connectivity index (χ4n) is 1.73. The maximum atomic E-state index is 12.4. The Bertz CT molecular complexity index is 983. The summed E-state index contributed by atoms with van der Waals surface area (Å²) in [5.41, 5.74) is -2.49. The molecule has 0 fully saturated rings. The number of fused-ring (bicyclic) bond motifs is 1. The van der Waals surface area contributed by atoms with Gasteiger partial charge in [-0.15, -0.1) is 6.42 Å². The third-order valence-electron chi connectivity index (χ3n) is 3.26. The van der Waals surface area contributed by atoms with Crippen LogP contribution in [0.15, 0.2) is 26.7 Å². The molecule has 2 rings (SSSR count). The number of nitrogens with one attached hydrogen (secondary N) is 3. The van der Waals surface area contributed by atoms with Crippen LogP contribution in [0.1, 0.15) is 20.3 Å². The van der Waals surface area contributed by atoms with Gasteiger partial charge < -0.3 is 0 Å². The van der Waals surface area contributed by atoms with Crippen molar-refractivity contribution < 1.29 is 8.42 Å². The summed E-state index contributed by atoms with van der Waals surface area (Å²) in [6, 6.07) is 1.13. The summed E-state index contributed by atoms with van der Waals surface area (Å²) in [7, 11) is -3.96. The number of H-pyrrole nitrogens is 2. The minimum absolute atomic E-state index is 0.00269. The summed E-state index contributed by atoms with van der Waals surface area (Å²) in [5.74, 6) is 2.38. The van der Waals surface area contributed by atoms with Crippen molar-refractivity contribution in [1.29, 1.82) is 0 Å². The largest absolute Gasteiger partial charge is 0.327 e. The molecule has 0 aliphatic heterocycles. The van der Waals surface area contributed by atoms with Crippen molar-refractivity contribution >= 4 is 21.1 Å². The Morgan fingerprint density at radius 3 is 2.68 bits per heavy atom. The van der Waals surface area contributed by atoms with Crippen LogP contribution in [0.2, 0.25) is 0 Å². The number of hydrogen-bond donors (Lipinski definition) is 3. The molecule has 0 aromatic carbocycles. The Kier molecular flexibility index (Phi) is 3.91. The molecular weight excluding hydrogens is 308 g/mol. The Labute approximate surface area is 126 Å². The smallest absolute Gasteiger partial charge is 0.291 e. The van der Waals surface area contributed by atoms with E-state index in [9.17, 15) is 18.0 Å². The second-order valence-electron chi connectivity index (χ2n) is 4.91. The summed E-state index contributed by atoms with van der Waals surface area (Å²) in [6.45, 7) is 3.32. The van der Waals surface area contributed by atoms with Crippen molar-refractivity contribution in [3.05, 3.63) is 33.1 Å². The van der Waals surface area contributed by atoms with E-state index in [1.54, 1.807) is 13.8 Å². The Hall–Kier alpha value is -2.44. The zero-order valence-corrected chi connectivity index (χ0v) is 12.7. The van der Waals surface area contributed by atoms with E-state index >= 15 is 0 Å². The second kappa shape index (κ2) is 5.40. The predicted molar refractivity (Wildman–Crippen MR) is 80.8 cm³/mol. The minimum atomic E-state index is -3.96. The van der Waals surface area contributed by atoms with Gasteiger partial charge in [0.05, 0.1) is 10.9 Å². The lowest BCUT2D eigenvalue weighted by atomic mass is 10.0. The molecule has 2 aromatic rings. The second-order valence-corrected chi connectivity index (χ2v) is 6.59. The molecular formula is C13H14N4O4S. The van der Waals surface area contributed by atoms with Gasteiger partial charge in [-0.1, -0.05) is 12.8 Å². The van der Waals surface area contributed by atoms with E-state index in [0.29, 0.717) is 6.42 Å². The van der Waals surface area contributed by atoms with Crippen LogP contribution in [-0.4, -0.2) is 28.9 Å². The van der Waals surface area contributed by atoms with E-state index in [0.717, 1.165) is 12.3 Å². The standard InChI is InChI=1S/C13H14N4O4S/c1-4-13(3,5-2)17-22(20,21)8-6-9-10(14-7-8)15-12(19)16-11(9)18/h1,6-7,17H,5H2,2-3H3,(H2,14,15,16,18,19). The molecule has 0 saturated carbocycles. The van der Waals surface area contributed by atoms with Gasteiger partial charge in [-0.3, -0.25) is 14.8 Å². The molecule has 8 nitrogen and oxygen atoms in total. The average Bonchev–Trinajstić information content (AvgIpc) is 2.46. The van der Waals surface area contributed by atoms with Crippen molar-refractivity contribution in [2.75, 3.05) is 0 Å². The number of aromatic amines is 2. The molecule has 1 unspecified atom stereocenters. The van der Waals surface area contributed by atoms with E-state index < -0.39 is 26.8 Å². The van der Waals surface area contributed by atoms with Gasteiger partial charge in [0.25, 0.3) is 5.56 Å². The highest BCUT2D eigenvalue weighted by Crippen LogP contribution is 2.16. The first-order valence-corrected chi connectivity index (χ1v) is 7.83. The van der Waals surface area contributed by atoms with Crippen LogP contribution >= 0.6 is 0 Å². The zero-order valence-electron chi connectivity index (χ0n) is 11.9. The molecule has 0 aliphatic carbocycles. The summed E-state index contributed by atoms with van der Waals surface area (Å²) < 4.78 is 27.1. The molecule has 116 valence electrons. The Morgan fingerprint density at radius 2 is 2.09 bits per heavy atom. The van der Waals surface area contributed by atoms with Gasteiger partial charge in [0.1, 0.15) is 10.5 Å². The van der Waals surface area contributed by atoms with Crippen LogP contribution in [-0.2, 0) is 10.0 Å². The summed E-state index contributed by atoms with van der Waals surface area (Å²) in [6.07, 6.45) is 6.78. The van der Waals surface area contributed by atoms with Crippen molar-refractivity contribution in [1.82, 2.24) is 19.7 Å². The zero-order chi connectivity index (χ0) is 16.5. The Morgan fingerprint density at radius 1 is 1.41 bits per heavy atom. The Balaban J connectivity index is 2.58. The van der Waals surface area contributed by atoms with Crippen LogP contribution < -0.4 is 16.0 Å². The van der Waals surface area contributed by atoms with E-state index in [-0.39, 0.29) is 15.9 Å². The third-order valence-corrected chi connectivity index (χ3v) is 4.82. The predicted octanol–water partition coefficient (Wildman–Crippen LogP) is -0.308. The highest BCUT2D eigenvalue weighted by molar-refractivity contribution is 7.89. The van der Waals surface area contributed by atoms with Gasteiger partial charge in [-0.05, 0) is 19.4 Å². The summed E-state index contributed by atoms with van der Waals surface area (Å²) in [5, 5.41) is -0.0404. The number of rotatable bonds is 4. The normalized spacial score (nSPS) is 14.4. The fraction of sp³-hybridized carbons (Fsp3) is 0.308. The minimum Gasteiger partial charge on any atom is -0.291 e.